The van der Waals surface area contributed by atoms with E-state index in [0.717, 1.165) is 89.2 Å². The molecule has 0 saturated carbocycles. The summed E-state index contributed by atoms with van der Waals surface area (Å²) >= 11 is 0. The lowest BCUT2D eigenvalue weighted by molar-refractivity contribution is 1.19. The Labute approximate surface area is 277 Å². The van der Waals surface area contributed by atoms with Crippen LogP contribution in [0.4, 0.5) is 0 Å². The molecule has 9 rings (SSSR count). The molecule has 0 aliphatic heterocycles. The Morgan fingerprint density at radius 1 is 0.500 bits per heavy atom. The predicted molar refractivity (Wildman–Crippen MR) is 196 cm³/mol. The Kier molecular flexibility index (Phi) is 6.61. The number of hydrogen-bond donors (Lipinski definition) is 0. The number of rotatable bonds is 5. The summed E-state index contributed by atoms with van der Waals surface area (Å²) in [5.74, 6) is 0. The van der Waals surface area contributed by atoms with Gasteiger partial charge in [-0.05, 0) is 89.8 Å². The van der Waals surface area contributed by atoms with Gasteiger partial charge in [0.1, 0.15) is 5.65 Å². The number of aromatic nitrogens is 5. The van der Waals surface area contributed by atoms with Crippen molar-refractivity contribution in [3.8, 4) is 56.0 Å². The second-order valence-electron chi connectivity index (χ2n) is 12.0. The Morgan fingerprint density at radius 3 is 2.10 bits per heavy atom. The first-order valence-corrected chi connectivity index (χ1v) is 16.0. The molecule has 0 radical (unpaired) electrons. The molecule has 0 aliphatic carbocycles. The van der Waals surface area contributed by atoms with E-state index in [-0.39, 0.29) is 0 Å². The number of nitrogens with zero attached hydrogens (tertiary/aromatic N) is 5. The lowest BCUT2D eigenvalue weighted by atomic mass is 9.91. The van der Waals surface area contributed by atoms with Crippen molar-refractivity contribution in [1.82, 2.24) is 24.3 Å². The van der Waals surface area contributed by atoms with Crippen molar-refractivity contribution < 1.29 is 0 Å². The highest BCUT2D eigenvalue weighted by Gasteiger charge is 2.17. The quantitative estimate of drug-likeness (QED) is 0.181. The second kappa shape index (κ2) is 11.4. The maximum atomic E-state index is 5.07. The Balaban J connectivity index is 1.22. The molecule has 4 aromatic carbocycles. The van der Waals surface area contributed by atoms with Gasteiger partial charge in [-0.25, -0.2) is 4.98 Å². The van der Waals surface area contributed by atoms with Crippen LogP contribution in [0.1, 0.15) is 5.69 Å². The van der Waals surface area contributed by atoms with E-state index < -0.39 is 0 Å². The molecule has 226 valence electrons. The van der Waals surface area contributed by atoms with E-state index in [4.69, 9.17) is 15.0 Å². The first-order valence-electron chi connectivity index (χ1n) is 16.0. The van der Waals surface area contributed by atoms with Gasteiger partial charge in [0.05, 0.1) is 28.1 Å². The number of benzene rings is 4. The average molecular weight is 616 g/mol. The minimum absolute atomic E-state index is 0.900. The van der Waals surface area contributed by atoms with Crippen molar-refractivity contribution in [2.75, 3.05) is 0 Å². The molecule has 0 saturated heterocycles. The third kappa shape index (κ3) is 4.81. The van der Waals surface area contributed by atoms with Crippen LogP contribution < -0.4 is 0 Å². The summed E-state index contributed by atoms with van der Waals surface area (Å²) in [6, 6.07) is 48.8. The SMILES string of the molecule is Cc1cccc(-c2cc(-c3ccc(-c4nc5ccccn5c4-c4ccccc4)cc3)cc(-c3cc4cccnc4c4ncccc34)c2)n1. The van der Waals surface area contributed by atoms with Crippen LogP contribution in [0.2, 0.25) is 0 Å². The summed E-state index contributed by atoms with van der Waals surface area (Å²) in [4.78, 5) is 19.4. The van der Waals surface area contributed by atoms with Gasteiger partial charge in [0, 0.05) is 51.7 Å². The molecule has 0 amide bonds. The molecular formula is C43H29N5. The van der Waals surface area contributed by atoms with Gasteiger partial charge in [0.15, 0.2) is 0 Å². The van der Waals surface area contributed by atoms with Gasteiger partial charge in [-0.15, -0.1) is 0 Å². The Morgan fingerprint density at radius 2 is 1.25 bits per heavy atom. The van der Waals surface area contributed by atoms with E-state index in [1.165, 1.54) is 0 Å². The van der Waals surface area contributed by atoms with E-state index in [2.05, 4.69) is 119 Å². The number of fused-ring (bicyclic) bond motifs is 4. The average Bonchev–Trinajstić information content (AvgIpc) is 3.54. The van der Waals surface area contributed by atoms with Gasteiger partial charge in [-0.2, -0.15) is 0 Å². The van der Waals surface area contributed by atoms with Gasteiger partial charge >= 0.3 is 0 Å². The van der Waals surface area contributed by atoms with Crippen molar-refractivity contribution >= 4 is 27.5 Å². The molecule has 5 nitrogen and oxygen atoms in total. The maximum Gasteiger partial charge on any atom is 0.137 e. The van der Waals surface area contributed by atoms with Crippen LogP contribution in [0.3, 0.4) is 0 Å². The van der Waals surface area contributed by atoms with Crippen LogP contribution in [-0.4, -0.2) is 24.3 Å². The van der Waals surface area contributed by atoms with E-state index in [1.54, 1.807) is 0 Å². The lowest BCUT2D eigenvalue weighted by Gasteiger charge is -2.14. The number of hydrogen-bond acceptors (Lipinski definition) is 4. The molecule has 5 aromatic heterocycles. The molecule has 0 bridgehead atoms. The fraction of sp³-hybridized carbons (Fsp3) is 0.0233. The maximum absolute atomic E-state index is 5.07. The number of imidazole rings is 1. The van der Waals surface area contributed by atoms with Crippen LogP contribution in [0, 0.1) is 6.92 Å². The van der Waals surface area contributed by atoms with Crippen molar-refractivity contribution in [3.05, 3.63) is 164 Å². The van der Waals surface area contributed by atoms with E-state index in [0.29, 0.717) is 0 Å². The Bertz CT molecular complexity index is 2620. The van der Waals surface area contributed by atoms with Gasteiger partial charge < -0.3 is 0 Å². The molecule has 5 heteroatoms. The highest BCUT2D eigenvalue weighted by Crippen LogP contribution is 2.39. The van der Waals surface area contributed by atoms with Crippen molar-refractivity contribution in [3.63, 3.8) is 0 Å². The molecule has 0 unspecified atom stereocenters. The standard InChI is InChI=1S/C43H29N5/c1-28-10-7-15-38(46-28)35-25-33(24-34(26-35)37-27-32-13-8-21-44-40(32)42-36(37)14-9-22-45-42)29-17-19-30(20-18-29)41-43(31-11-3-2-4-12-31)48-23-6-5-16-39(48)47-41/h2-27H,1H3. The molecule has 48 heavy (non-hydrogen) atoms. The van der Waals surface area contributed by atoms with E-state index in [1.807, 2.05) is 55.7 Å². The highest BCUT2D eigenvalue weighted by molar-refractivity contribution is 6.10. The summed E-state index contributed by atoms with van der Waals surface area (Å²) in [6.07, 6.45) is 5.75. The van der Waals surface area contributed by atoms with Crippen molar-refractivity contribution in [2.24, 2.45) is 0 Å². The minimum Gasteiger partial charge on any atom is -0.299 e. The van der Waals surface area contributed by atoms with Crippen LogP contribution >= 0.6 is 0 Å². The summed E-state index contributed by atoms with van der Waals surface area (Å²) in [7, 11) is 0. The molecule has 0 fully saturated rings. The second-order valence-corrected chi connectivity index (χ2v) is 12.0. The minimum atomic E-state index is 0.900. The Hall–Kier alpha value is -6.46. The zero-order valence-corrected chi connectivity index (χ0v) is 26.2. The molecule has 0 spiro atoms. The largest absolute Gasteiger partial charge is 0.299 e. The molecule has 5 heterocycles. The molecule has 9 aromatic rings. The zero-order valence-electron chi connectivity index (χ0n) is 26.2. The van der Waals surface area contributed by atoms with Crippen LogP contribution in [0.15, 0.2) is 158 Å². The molecular weight excluding hydrogens is 587 g/mol. The predicted octanol–water partition coefficient (Wildman–Crippen LogP) is 10.5. The molecule has 0 aliphatic rings. The van der Waals surface area contributed by atoms with Crippen LogP contribution in [-0.2, 0) is 0 Å². The highest BCUT2D eigenvalue weighted by atomic mass is 15.0. The first-order chi connectivity index (χ1) is 23.7. The topological polar surface area (TPSA) is 56.0 Å². The lowest BCUT2D eigenvalue weighted by Crippen LogP contribution is -1.92. The van der Waals surface area contributed by atoms with Gasteiger partial charge in [-0.1, -0.05) is 78.9 Å². The number of aryl methyl sites for hydroxylation is 1. The third-order valence-corrected chi connectivity index (χ3v) is 8.96. The van der Waals surface area contributed by atoms with Crippen LogP contribution in [0.25, 0.3) is 83.5 Å². The summed E-state index contributed by atoms with van der Waals surface area (Å²) < 4.78 is 2.17. The van der Waals surface area contributed by atoms with Gasteiger partial charge in [-0.3, -0.25) is 19.4 Å². The monoisotopic (exact) mass is 615 g/mol. The van der Waals surface area contributed by atoms with E-state index in [9.17, 15) is 0 Å². The molecule has 0 atom stereocenters. The third-order valence-electron chi connectivity index (χ3n) is 8.96. The molecule has 0 N–H and O–H groups in total. The smallest absolute Gasteiger partial charge is 0.137 e. The summed E-state index contributed by atoms with van der Waals surface area (Å²) in [5, 5.41) is 2.13. The van der Waals surface area contributed by atoms with E-state index >= 15 is 0 Å². The van der Waals surface area contributed by atoms with Gasteiger partial charge in [0.25, 0.3) is 0 Å². The van der Waals surface area contributed by atoms with Gasteiger partial charge in [0.2, 0.25) is 0 Å². The first kappa shape index (κ1) is 27.8. The summed E-state index contributed by atoms with van der Waals surface area (Å²) in [5.41, 5.74) is 14.4. The van der Waals surface area contributed by atoms with Crippen molar-refractivity contribution in [2.45, 2.75) is 6.92 Å². The fourth-order valence-corrected chi connectivity index (χ4v) is 6.71. The van der Waals surface area contributed by atoms with Crippen molar-refractivity contribution in [1.29, 1.82) is 0 Å². The zero-order chi connectivity index (χ0) is 32.0. The number of pyridine rings is 4. The van der Waals surface area contributed by atoms with Crippen LogP contribution in [0.5, 0.6) is 0 Å². The fourth-order valence-electron chi connectivity index (χ4n) is 6.71. The normalized spacial score (nSPS) is 11.4. The summed E-state index contributed by atoms with van der Waals surface area (Å²) in [6.45, 7) is 2.03.